The van der Waals surface area contributed by atoms with Gasteiger partial charge in [0.2, 0.25) is 5.91 Å². The molecule has 1 saturated heterocycles. The second-order valence-electron chi connectivity index (χ2n) is 7.12. The summed E-state index contributed by atoms with van der Waals surface area (Å²) in [6.07, 6.45) is 2.50. The van der Waals surface area contributed by atoms with Crippen LogP contribution in [-0.4, -0.2) is 22.3 Å². The average Bonchev–Trinajstić information content (AvgIpc) is 3.34. The van der Waals surface area contributed by atoms with Crippen LogP contribution < -0.4 is 0 Å². The zero-order valence-electron chi connectivity index (χ0n) is 15.0. The van der Waals surface area contributed by atoms with Crippen LogP contribution in [0.4, 0.5) is 0 Å². The fourth-order valence-electron chi connectivity index (χ4n) is 3.98. The number of carbonyl (C=O) groups is 1. The summed E-state index contributed by atoms with van der Waals surface area (Å²) in [5.41, 5.74) is 2.11. The summed E-state index contributed by atoms with van der Waals surface area (Å²) in [5.74, 6) is 0.201. The Morgan fingerprint density at radius 1 is 1.04 bits per heavy atom. The molecule has 3 nitrogen and oxygen atoms in total. The van der Waals surface area contributed by atoms with Crippen molar-refractivity contribution in [2.75, 3.05) is 6.54 Å². The number of hydrogen-bond donors (Lipinski definition) is 0. The average molecular weight is 372 g/mol. The van der Waals surface area contributed by atoms with Gasteiger partial charge < -0.3 is 4.90 Å². The molecule has 0 saturated carbocycles. The van der Waals surface area contributed by atoms with Crippen molar-refractivity contribution in [2.24, 2.45) is 0 Å². The van der Waals surface area contributed by atoms with Gasteiger partial charge in [-0.2, -0.15) is 0 Å². The Hall–Kier alpha value is -2.72. The molecule has 1 amide bonds. The number of fused-ring (bicyclic) bond motifs is 2. The standard InChI is InChI=1S/C23H20N2OS/c26-22(15-16-11-12-17-6-1-2-7-18(17)14-16)25-13-5-9-20(25)23-24-19-8-3-4-10-21(19)27-23/h1-4,6-8,10-12,14,20H,5,9,13,15H2/t20-/m0/s1. The van der Waals surface area contributed by atoms with Crippen LogP contribution in [0.15, 0.2) is 66.7 Å². The quantitative estimate of drug-likeness (QED) is 0.485. The first-order valence-corrected chi connectivity index (χ1v) is 10.2. The zero-order valence-corrected chi connectivity index (χ0v) is 15.8. The van der Waals surface area contributed by atoms with Gasteiger partial charge in [0.1, 0.15) is 5.01 Å². The third-order valence-corrected chi connectivity index (χ3v) is 6.48. The van der Waals surface area contributed by atoms with Gasteiger partial charge in [0.05, 0.1) is 22.7 Å². The van der Waals surface area contributed by atoms with Crippen molar-refractivity contribution < 1.29 is 4.79 Å². The van der Waals surface area contributed by atoms with E-state index in [1.165, 1.54) is 15.5 Å². The Morgan fingerprint density at radius 3 is 2.74 bits per heavy atom. The summed E-state index contributed by atoms with van der Waals surface area (Å²) in [5, 5.41) is 3.47. The van der Waals surface area contributed by atoms with Crippen molar-refractivity contribution in [1.29, 1.82) is 0 Å². The third kappa shape index (κ3) is 3.10. The van der Waals surface area contributed by atoms with Gasteiger partial charge in [0.15, 0.2) is 0 Å². The molecular weight excluding hydrogens is 352 g/mol. The Morgan fingerprint density at radius 2 is 1.85 bits per heavy atom. The number of aromatic nitrogens is 1. The minimum absolute atomic E-state index is 0.121. The number of nitrogens with zero attached hydrogens (tertiary/aromatic N) is 2. The topological polar surface area (TPSA) is 33.2 Å². The van der Waals surface area contributed by atoms with E-state index in [-0.39, 0.29) is 11.9 Å². The lowest BCUT2D eigenvalue weighted by Crippen LogP contribution is -2.31. The molecule has 1 aliphatic heterocycles. The van der Waals surface area contributed by atoms with Crippen LogP contribution in [-0.2, 0) is 11.2 Å². The van der Waals surface area contributed by atoms with Crippen molar-refractivity contribution in [1.82, 2.24) is 9.88 Å². The molecule has 0 radical (unpaired) electrons. The molecule has 4 heteroatoms. The highest BCUT2D eigenvalue weighted by molar-refractivity contribution is 7.18. The molecule has 0 spiro atoms. The van der Waals surface area contributed by atoms with E-state index in [0.717, 1.165) is 35.5 Å². The number of likely N-dealkylation sites (tertiary alicyclic amines) is 1. The van der Waals surface area contributed by atoms with Crippen LogP contribution in [0.5, 0.6) is 0 Å². The van der Waals surface area contributed by atoms with Crippen LogP contribution in [0, 0.1) is 0 Å². The van der Waals surface area contributed by atoms with Crippen LogP contribution in [0.1, 0.15) is 29.5 Å². The van der Waals surface area contributed by atoms with Gasteiger partial charge in [0.25, 0.3) is 0 Å². The molecule has 3 aromatic carbocycles. The van der Waals surface area contributed by atoms with E-state index in [2.05, 4.69) is 36.4 Å². The Bertz CT molecular complexity index is 1100. The molecule has 1 aromatic heterocycles. The number of para-hydroxylation sites is 1. The molecule has 0 N–H and O–H groups in total. The minimum Gasteiger partial charge on any atom is -0.333 e. The summed E-state index contributed by atoms with van der Waals surface area (Å²) < 4.78 is 1.20. The van der Waals surface area contributed by atoms with Gasteiger partial charge in [-0.15, -0.1) is 11.3 Å². The summed E-state index contributed by atoms with van der Waals surface area (Å²) in [6.45, 7) is 0.826. The largest absolute Gasteiger partial charge is 0.333 e. The maximum absolute atomic E-state index is 13.1. The highest BCUT2D eigenvalue weighted by Gasteiger charge is 2.32. The lowest BCUT2D eigenvalue weighted by Gasteiger charge is -2.23. The molecule has 2 heterocycles. The van der Waals surface area contributed by atoms with Gasteiger partial charge in [-0.05, 0) is 41.3 Å². The van der Waals surface area contributed by atoms with E-state index in [1.54, 1.807) is 11.3 Å². The number of thiazole rings is 1. The summed E-state index contributed by atoms with van der Waals surface area (Å²) >= 11 is 1.72. The number of amides is 1. The third-order valence-electron chi connectivity index (χ3n) is 5.34. The van der Waals surface area contributed by atoms with Gasteiger partial charge in [0, 0.05) is 6.54 Å². The molecule has 0 aliphatic carbocycles. The number of benzene rings is 3. The van der Waals surface area contributed by atoms with E-state index in [1.807, 2.05) is 35.2 Å². The fraction of sp³-hybridized carbons (Fsp3) is 0.217. The number of carbonyl (C=O) groups excluding carboxylic acids is 1. The molecular formula is C23H20N2OS. The van der Waals surface area contributed by atoms with Gasteiger partial charge >= 0.3 is 0 Å². The summed E-state index contributed by atoms with van der Waals surface area (Å²) in [4.78, 5) is 19.9. The van der Waals surface area contributed by atoms with E-state index in [9.17, 15) is 4.79 Å². The van der Waals surface area contributed by atoms with E-state index in [4.69, 9.17) is 4.98 Å². The summed E-state index contributed by atoms with van der Waals surface area (Å²) in [6, 6.07) is 22.9. The van der Waals surface area contributed by atoms with Crippen LogP contribution in [0.2, 0.25) is 0 Å². The lowest BCUT2D eigenvalue weighted by atomic mass is 10.0. The molecule has 1 atom stereocenters. The molecule has 27 heavy (non-hydrogen) atoms. The van der Waals surface area contributed by atoms with E-state index >= 15 is 0 Å². The highest BCUT2D eigenvalue weighted by atomic mass is 32.1. The maximum atomic E-state index is 13.1. The summed E-state index contributed by atoms with van der Waals surface area (Å²) in [7, 11) is 0. The van der Waals surface area contributed by atoms with Crippen molar-refractivity contribution >= 4 is 38.2 Å². The first-order valence-electron chi connectivity index (χ1n) is 9.40. The number of hydrogen-bond acceptors (Lipinski definition) is 3. The molecule has 1 fully saturated rings. The first-order chi connectivity index (χ1) is 13.3. The van der Waals surface area contributed by atoms with Gasteiger partial charge in [-0.1, -0.05) is 54.6 Å². The van der Waals surface area contributed by atoms with Crippen LogP contribution >= 0.6 is 11.3 Å². The van der Waals surface area contributed by atoms with Gasteiger partial charge in [-0.25, -0.2) is 4.98 Å². The number of rotatable bonds is 3. The monoisotopic (exact) mass is 372 g/mol. The van der Waals surface area contributed by atoms with E-state index in [0.29, 0.717) is 6.42 Å². The van der Waals surface area contributed by atoms with Crippen LogP contribution in [0.25, 0.3) is 21.0 Å². The molecule has 0 bridgehead atoms. The first kappa shape index (κ1) is 16.5. The second kappa shape index (κ2) is 6.78. The lowest BCUT2D eigenvalue weighted by molar-refractivity contribution is -0.131. The maximum Gasteiger partial charge on any atom is 0.227 e. The second-order valence-corrected chi connectivity index (χ2v) is 8.19. The normalized spacial score (nSPS) is 17.0. The van der Waals surface area contributed by atoms with Crippen LogP contribution in [0.3, 0.4) is 0 Å². The van der Waals surface area contributed by atoms with Crippen molar-refractivity contribution in [2.45, 2.75) is 25.3 Å². The van der Waals surface area contributed by atoms with Crippen molar-refractivity contribution in [3.05, 3.63) is 77.3 Å². The fourth-order valence-corrected chi connectivity index (χ4v) is 5.09. The smallest absolute Gasteiger partial charge is 0.227 e. The predicted molar refractivity (Wildman–Crippen MR) is 111 cm³/mol. The Labute approximate surface area is 162 Å². The Kier molecular flexibility index (Phi) is 4.13. The molecule has 0 unspecified atom stereocenters. The SMILES string of the molecule is O=C(Cc1ccc2ccccc2c1)N1CCC[C@H]1c1nc2ccccc2s1. The Balaban J connectivity index is 1.39. The van der Waals surface area contributed by atoms with Crippen molar-refractivity contribution in [3.63, 3.8) is 0 Å². The van der Waals surface area contributed by atoms with E-state index < -0.39 is 0 Å². The van der Waals surface area contributed by atoms with Gasteiger partial charge in [-0.3, -0.25) is 4.79 Å². The molecule has 134 valence electrons. The molecule has 1 aliphatic rings. The zero-order chi connectivity index (χ0) is 18.2. The molecule has 5 rings (SSSR count). The predicted octanol–water partition coefficient (Wildman–Crippen LogP) is 5.36. The van der Waals surface area contributed by atoms with Crippen molar-refractivity contribution in [3.8, 4) is 0 Å². The molecule has 4 aromatic rings. The minimum atomic E-state index is 0.121. The highest BCUT2D eigenvalue weighted by Crippen LogP contribution is 2.36.